The summed E-state index contributed by atoms with van der Waals surface area (Å²) in [5.74, 6) is 0.329. The normalized spacial score (nSPS) is 24.2. The molecule has 2 aromatic rings. The molecule has 0 aliphatic carbocycles. The smallest absolute Gasteiger partial charge is 0.409 e. The van der Waals surface area contributed by atoms with Crippen LogP contribution in [-0.4, -0.2) is 35.8 Å². The quantitative estimate of drug-likeness (QED) is 0.942. The molecule has 2 heterocycles. The number of ether oxygens (including phenoxy) is 1. The zero-order valence-electron chi connectivity index (χ0n) is 17.6. The number of methoxy groups -OCH3 is 1. The molecule has 1 saturated heterocycles. The van der Waals surface area contributed by atoms with Gasteiger partial charge in [0.2, 0.25) is 0 Å². The number of H-pyrrole nitrogens is 1. The minimum Gasteiger partial charge on any atom is -0.453 e. The summed E-state index contributed by atoms with van der Waals surface area (Å²) in [4.78, 5) is 25.1. The van der Waals surface area contributed by atoms with Crippen LogP contribution in [0.3, 0.4) is 0 Å². The summed E-state index contributed by atoms with van der Waals surface area (Å²) in [5.41, 5.74) is -0.214. The first-order chi connectivity index (χ1) is 13.2. The fraction of sp³-hybridized carbons (Fsp3) is 0.412. The number of hydrogen-bond acceptors (Lipinski definition) is 4. The van der Waals surface area contributed by atoms with Crippen LogP contribution < -0.4 is 5.56 Å². The molecule has 1 N–H and O–H groups in total. The molecule has 0 radical (unpaired) electrons. The summed E-state index contributed by atoms with van der Waals surface area (Å²) >= 11 is 0. The van der Waals surface area contributed by atoms with Crippen molar-refractivity contribution in [3.8, 4) is 0 Å². The monoisotopic (exact) mass is 321 g/mol. The Labute approximate surface area is 141 Å². The Hall–Kier alpha value is -2.50. The van der Waals surface area contributed by atoms with Crippen molar-refractivity contribution in [2.24, 2.45) is 0 Å². The van der Waals surface area contributed by atoms with Gasteiger partial charge in [-0.2, -0.15) is 5.16 Å². The number of nitrogens with one attached hydrogen (secondary N) is 1. The van der Waals surface area contributed by atoms with Crippen LogP contribution in [0.5, 0.6) is 0 Å². The van der Waals surface area contributed by atoms with Crippen LogP contribution in [0.4, 0.5) is 4.79 Å². The van der Waals surface area contributed by atoms with Crippen molar-refractivity contribution in [3.63, 3.8) is 0 Å². The van der Waals surface area contributed by atoms with Gasteiger partial charge in [0.1, 0.15) is 5.76 Å². The summed E-state index contributed by atoms with van der Waals surface area (Å²) in [6.07, 6.45) is 0.465. The predicted molar refractivity (Wildman–Crippen MR) is 84.3 cm³/mol. The molecule has 6 nitrogen and oxygen atoms in total. The standard InChI is InChI=1S/C17H20N2O4/c1-22-17(21)19-8-7-13(15-11-16(20)18-23-15)10-14(19)9-12-5-3-2-4-6-12/h2-6,11,13-14H,7-10H2,1H3,(H,18,20)/t13-,14-/m0/s1/i2D,3D,4D,5D,6D. The molecule has 0 saturated carbocycles. The summed E-state index contributed by atoms with van der Waals surface area (Å²) in [6, 6.07) is -0.972. The molecule has 1 aliphatic heterocycles. The first-order valence-electron chi connectivity index (χ1n) is 9.83. The molecule has 1 aliphatic rings. The molecule has 1 amide bonds. The van der Waals surface area contributed by atoms with Gasteiger partial charge in [-0.1, -0.05) is 30.2 Å². The van der Waals surface area contributed by atoms with E-state index in [9.17, 15) is 9.59 Å². The maximum Gasteiger partial charge on any atom is 0.409 e. The fourth-order valence-corrected chi connectivity index (χ4v) is 2.97. The Kier molecular flexibility index (Phi) is 3.01. The van der Waals surface area contributed by atoms with Gasteiger partial charge >= 0.3 is 6.09 Å². The van der Waals surface area contributed by atoms with Crippen LogP contribution in [-0.2, 0) is 11.2 Å². The summed E-state index contributed by atoms with van der Waals surface area (Å²) in [5, 5.41) is 2.25. The lowest BCUT2D eigenvalue weighted by Crippen LogP contribution is -2.46. The summed E-state index contributed by atoms with van der Waals surface area (Å²) in [6.45, 7) is 0.329. The van der Waals surface area contributed by atoms with Crippen molar-refractivity contribution in [2.75, 3.05) is 13.7 Å². The Morgan fingerprint density at radius 2 is 2.26 bits per heavy atom. The van der Waals surface area contributed by atoms with Gasteiger partial charge in [0.05, 0.1) is 14.0 Å². The number of benzene rings is 1. The number of nitrogens with zero attached hydrogens (tertiary/aromatic N) is 1. The average Bonchev–Trinajstić information content (AvgIpc) is 3.13. The van der Waals surface area contributed by atoms with Crippen molar-refractivity contribution in [1.29, 1.82) is 0 Å². The number of aromatic nitrogens is 1. The first kappa shape index (κ1) is 10.3. The number of carbonyl (C=O) groups excluding carboxylic acids is 1. The van der Waals surface area contributed by atoms with Gasteiger partial charge in [-0.15, -0.1) is 0 Å². The lowest BCUT2D eigenvalue weighted by molar-refractivity contribution is 0.0817. The highest BCUT2D eigenvalue weighted by Crippen LogP contribution is 2.32. The molecule has 1 fully saturated rings. The molecule has 6 heteroatoms. The lowest BCUT2D eigenvalue weighted by atomic mass is 9.86. The Morgan fingerprint density at radius 3 is 2.91 bits per heavy atom. The van der Waals surface area contributed by atoms with Crippen LogP contribution in [0, 0.1) is 0 Å². The number of carbonyl (C=O) groups is 1. The maximum absolute atomic E-state index is 12.2. The van der Waals surface area contributed by atoms with Gasteiger partial charge in [-0.05, 0) is 24.8 Å². The van der Waals surface area contributed by atoms with Crippen LogP contribution >= 0.6 is 0 Å². The van der Waals surface area contributed by atoms with E-state index in [1.54, 1.807) is 0 Å². The van der Waals surface area contributed by atoms with Gasteiger partial charge in [0.15, 0.2) is 0 Å². The maximum atomic E-state index is 12.2. The highest BCUT2D eigenvalue weighted by atomic mass is 16.5. The fourth-order valence-electron chi connectivity index (χ4n) is 2.97. The van der Waals surface area contributed by atoms with E-state index in [0.29, 0.717) is 25.1 Å². The van der Waals surface area contributed by atoms with Crippen molar-refractivity contribution in [3.05, 3.63) is 58.0 Å². The van der Waals surface area contributed by atoms with Crippen molar-refractivity contribution >= 4 is 6.09 Å². The van der Waals surface area contributed by atoms with Gasteiger partial charge in [0, 0.05) is 24.6 Å². The second-order valence-corrected chi connectivity index (χ2v) is 5.46. The highest BCUT2D eigenvalue weighted by Gasteiger charge is 2.34. The topological polar surface area (TPSA) is 75.5 Å². The van der Waals surface area contributed by atoms with E-state index in [1.165, 1.54) is 18.1 Å². The molecule has 0 bridgehead atoms. The van der Waals surface area contributed by atoms with Crippen molar-refractivity contribution in [1.82, 2.24) is 10.1 Å². The highest BCUT2D eigenvalue weighted by molar-refractivity contribution is 5.68. The van der Waals surface area contributed by atoms with E-state index < -0.39 is 30.3 Å². The number of amides is 1. The number of rotatable bonds is 3. The molecule has 1 aromatic heterocycles. The molecule has 2 atom stereocenters. The van der Waals surface area contributed by atoms with Crippen molar-refractivity contribution in [2.45, 2.75) is 31.2 Å². The van der Waals surface area contributed by atoms with Crippen LogP contribution in [0.25, 0.3) is 0 Å². The molecule has 23 heavy (non-hydrogen) atoms. The van der Waals surface area contributed by atoms with E-state index in [-0.39, 0.29) is 35.5 Å². The third kappa shape index (κ3) is 3.47. The minimum absolute atomic E-state index is 0.0654. The number of hydrogen-bond donors (Lipinski definition) is 1. The predicted octanol–water partition coefficient (Wildman–Crippen LogP) is 2.53. The largest absolute Gasteiger partial charge is 0.453 e. The third-order valence-corrected chi connectivity index (χ3v) is 4.06. The second kappa shape index (κ2) is 6.73. The lowest BCUT2D eigenvalue weighted by Gasteiger charge is -2.38. The SMILES string of the molecule is [2H]c1c([2H])c([2H])c(C[C@H]2C[C@@H](c3cc(=O)[nH]o3)CCN2C(=O)OC)c([2H])c1[2H]. The van der Waals surface area contributed by atoms with Crippen LogP contribution in [0.1, 0.15) is 36.9 Å². The molecule has 3 rings (SSSR count). The summed E-state index contributed by atoms with van der Waals surface area (Å²) in [7, 11) is 1.27. The van der Waals surface area contributed by atoms with Gasteiger partial charge in [-0.25, -0.2) is 4.79 Å². The molecular weight excluding hydrogens is 296 g/mol. The number of aromatic amines is 1. The second-order valence-electron chi connectivity index (χ2n) is 5.46. The Bertz CT molecular complexity index is 929. The van der Waals surface area contributed by atoms with Gasteiger partial charge in [-0.3, -0.25) is 4.79 Å². The molecule has 0 unspecified atom stereocenters. The van der Waals surface area contributed by atoms with Crippen LogP contribution in [0.2, 0.25) is 0 Å². The van der Waals surface area contributed by atoms with E-state index in [4.69, 9.17) is 16.1 Å². The van der Waals surface area contributed by atoms with E-state index >= 15 is 0 Å². The molecule has 1 aromatic carbocycles. The number of likely N-dealkylation sites (tertiary alicyclic amines) is 1. The zero-order chi connectivity index (χ0) is 20.6. The molecule has 0 spiro atoms. The van der Waals surface area contributed by atoms with Crippen LogP contribution in [0.15, 0.2) is 45.6 Å². The number of piperidine rings is 1. The molecular formula is C17H20N2O4. The minimum atomic E-state index is -0.550. The van der Waals surface area contributed by atoms with E-state index in [2.05, 4.69) is 5.16 Å². The third-order valence-electron chi connectivity index (χ3n) is 4.06. The Morgan fingerprint density at radius 1 is 1.48 bits per heavy atom. The van der Waals surface area contributed by atoms with E-state index in [1.807, 2.05) is 0 Å². The van der Waals surface area contributed by atoms with E-state index in [0.717, 1.165) is 0 Å². The Balaban J connectivity index is 1.95. The first-order valence-corrected chi connectivity index (χ1v) is 7.33. The zero-order valence-corrected chi connectivity index (χ0v) is 12.6. The summed E-state index contributed by atoms with van der Waals surface area (Å²) < 4.78 is 49.7. The average molecular weight is 321 g/mol. The van der Waals surface area contributed by atoms with Gasteiger partial charge in [0.25, 0.3) is 5.56 Å². The molecule has 122 valence electrons. The van der Waals surface area contributed by atoms with Gasteiger partial charge < -0.3 is 14.2 Å². The van der Waals surface area contributed by atoms with Crippen molar-refractivity contribution < 1.29 is 20.9 Å².